The van der Waals surface area contributed by atoms with Gasteiger partial charge in [0.25, 0.3) is 0 Å². The molecule has 2 rings (SSSR count). The van der Waals surface area contributed by atoms with Crippen LogP contribution in [0.25, 0.3) is 0 Å². The quantitative estimate of drug-likeness (QED) is 0.790. The van der Waals surface area contributed by atoms with Crippen LogP contribution >= 0.6 is 0 Å². The van der Waals surface area contributed by atoms with E-state index >= 15 is 0 Å². The highest BCUT2D eigenvalue weighted by atomic mass is 32.2. The van der Waals surface area contributed by atoms with Crippen molar-refractivity contribution in [3.05, 3.63) is 29.3 Å². The minimum atomic E-state index is -3.87. The molecule has 0 aromatic heterocycles. The molecule has 1 aromatic rings. The monoisotopic (exact) mass is 380 g/mol. The van der Waals surface area contributed by atoms with E-state index in [9.17, 15) is 18.0 Å². The largest absolute Gasteiger partial charge is 0.352 e. The third kappa shape index (κ3) is 3.92. The molecule has 6 nitrogen and oxygen atoms in total. The Bertz CT molecular complexity index is 794. The van der Waals surface area contributed by atoms with E-state index in [0.29, 0.717) is 18.4 Å². The molecular weight excluding hydrogens is 352 g/mol. The van der Waals surface area contributed by atoms with Gasteiger partial charge in [0.05, 0.1) is 11.4 Å². The molecule has 1 saturated carbocycles. The van der Waals surface area contributed by atoms with E-state index in [0.717, 1.165) is 5.56 Å². The summed E-state index contributed by atoms with van der Waals surface area (Å²) in [6, 6.07) is 5.20. The van der Waals surface area contributed by atoms with Gasteiger partial charge in [0, 0.05) is 6.04 Å². The maximum Gasteiger partial charge on any atom is 0.242 e. The number of rotatable bonds is 6. The number of sulfone groups is 1. The van der Waals surface area contributed by atoms with Gasteiger partial charge in [-0.15, -0.1) is 0 Å². The smallest absolute Gasteiger partial charge is 0.242 e. The number of amides is 2. The van der Waals surface area contributed by atoms with E-state index in [1.54, 1.807) is 19.1 Å². The van der Waals surface area contributed by atoms with E-state index in [4.69, 9.17) is 0 Å². The summed E-state index contributed by atoms with van der Waals surface area (Å²) in [7, 11) is -3.87. The van der Waals surface area contributed by atoms with Gasteiger partial charge in [-0.05, 0) is 57.7 Å². The minimum absolute atomic E-state index is 0.0430. The van der Waals surface area contributed by atoms with Crippen molar-refractivity contribution < 1.29 is 18.0 Å². The molecule has 0 spiro atoms. The summed E-state index contributed by atoms with van der Waals surface area (Å²) in [5, 5.41) is 5.24. The Morgan fingerprint density at radius 1 is 1.15 bits per heavy atom. The molecule has 0 aliphatic heterocycles. The standard InChI is InChI=1S/C19H28N2O4S/c1-13(2)21-17(22)12-20-18(23)19(9-5-6-10-19)26(24,25)16-11-14(3)7-8-15(16)4/h7-8,11,13H,5-6,9-10,12H2,1-4H3,(H,20,23)(H,21,22). The Hall–Kier alpha value is -1.89. The van der Waals surface area contributed by atoms with Crippen molar-refractivity contribution in [1.82, 2.24) is 10.6 Å². The Kier molecular flexibility index (Phi) is 6.11. The van der Waals surface area contributed by atoms with Crippen molar-refractivity contribution in [2.45, 2.75) is 69.1 Å². The third-order valence-corrected chi connectivity index (χ3v) is 7.47. The first-order valence-electron chi connectivity index (χ1n) is 9.00. The number of carbonyl (C=O) groups excluding carboxylic acids is 2. The summed E-state index contributed by atoms with van der Waals surface area (Å²) in [6.07, 6.45) is 1.91. The van der Waals surface area contributed by atoms with E-state index in [1.807, 2.05) is 26.8 Å². The van der Waals surface area contributed by atoms with Gasteiger partial charge < -0.3 is 10.6 Å². The second-order valence-corrected chi connectivity index (χ2v) is 9.61. The molecule has 26 heavy (non-hydrogen) atoms. The van der Waals surface area contributed by atoms with Crippen LogP contribution in [0.5, 0.6) is 0 Å². The lowest BCUT2D eigenvalue weighted by molar-refractivity contribution is -0.127. The van der Waals surface area contributed by atoms with Gasteiger partial charge in [0.15, 0.2) is 14.6 Å². The second-order valence-electron chi connectivity index (χ2n) is 7.38. The zero-order valence-corrected chi connectivity index (χ0v) is 16.7. The molecule has 144 valence electrons. The van der Waals surface area contributed by atoms with Gasteiger partial charge in [-0.3, -0.25) is 9.59 Å². The molecule has 0 bridgehead atoms. The van der Waals surface area contributed by atoms with E-state index < -0.39 is 20.5 Å². The normalized spacial score (nSPS) is 16.5. The molecule has 1 fully saturated rings. The van der Waals surface area contributed by atoms with Crippen molar-refractivity contribution in [1.29, 1.82) is 0 Å². The van der Waals surface area contributed by atoms with Gasteiger partial charge in [-0.25, -0.2) is 8.42 Å². The van der Waals surface area contributed by atoms with Gasteiger partial charge in [0.2, 0.25) is 11.8 Å². The molecule has 2 N–H and O–H groups in total. The maximum atomic E-state index is 13.4. The molecule has 7 heteroatoms. The predicted molar refractivity (Wildman–Crippen MR) is 101 cm³/mol. The van der Waals surface area contributed by atoms with Crippen molar-refractivity contribution in [2.24, 2.45) is 0 Å². The first kappa shape index (κ1) is 20.4. The van der Waals surface area contributed by atoms with Crippen LogP contribution in [-0.2, 0) is 19.4 Å². The fourth-order valence-corrected chi connectivity index (χ4v) is 5.86. The molecule has 0 atom stereocenters. The molecule has 1 aliphatic rings. The molecule has 1 aliphatic carbocycles. The zero-order chi connectivity index (χ0) is 19.5. The van der Waals surface area contributed by atoms with Gasteiger partial charge in [-0.1, -0.05) is 25.0 Å². The highest BCUT2D eigenvalue weighted by Gasteiger charge is 2.53. The second kappa shape index (κ2) is 7.78. The third-order valence-electron chi connectivity index (χ3n) is 4.83. The summed E-state index contributed by atoms with van der Waals surface area (Å²) in [4.78, 5) is 24.9. The first-order valence-corrected chi connectivity index (χ1v) is 10.5. The van der Waals surface area contributed by atoms with Crippen LogP contribution in [0.1, 0.15) is 50.7 Å². The molecule has 2 amide bonds. The van der Waals surface area contributed by atoms with Crippen LogP contribution in [0.15, 0.2) is 23.1 Å². The summed E-state index contributed by atoms with van der Waals surface area (Å²) in [5.41, 5.74) is 1.46. The number of aryl methyl sites for hydroxylation is 2. The van der Waals surface area contributed by atoms with Crippen molar-refractivity contribution in [3.63, 3.8) is 0 Å². The fraction of sp³-hybridized carbons (Fsp3) is 0.579. The van der Waals surface area contributed by atoms with Crippen molar-refractivity contribution >= 4 is 21.7 Å². The Morgan fingerprint density at radius 2 is 1.77 bits per heavy atom. The molecule has 1 aromatic carbocycles. The Labute approximate surface area is 155 Å². The molecule has 0 saturated heterocycles. The SMILES string of the molecule is Cc1ccc(C)c(S(=O)(=O)C2(C(=O)NCC(=O)NC(C)C)CCCC2)c1. The Balaban J connectivity index is 2.32. The zero-order valence-electron chi connectivity index (χ0n) is 15.9. The number of benzene rings is 1. The summed E-state index contributed by atoms with van der Waals surface area (Å²) >= 11 is 0. The van der Waals surface area contributed by atoms with E-state index in [2.05, 4.69) is 10.6 Å². The Morgan fingerprint density at radius 3 is 2.35 bits per heavy atom. The summed E-state index contributed by atoms with van der Waals surface area (Å²) < 4.78 is 25.4. The lowest BCUT2D eigenvalue weighted by Crippen LogP contribution is -2.53. The predicted octanol–water partition coefficient (Wildman–Crippen LogP) is 2.03. The number of hydrogen-bond donors (Lipinski definition) is 2. The van der Waals surface area contributed by atoms with Crippen LogP contribution in [0, 0.1) is 13.8 Å². The van der Waals surface area contributed by atoms with E-state index in [-0.39, 0.29) is 36.2 Å². The molecule has 0 radical (unpaired) electrons. The lowest BCUT2D eigenvalue weighted by atomic mass is 10.1. The number of hydrogen-bond acceptors (Lipinski definition) is 4. The number of carbonyl (C=O) groups is 2. The van der Waals surface area contributed by atoms with E-state index in [1.165, 1.54) is 0 Å². The van der Waals surface area contributed by atoms with Crippen LogP contribution in [0.4, 0.5) is 0 Å². The van der Waals surface area contributed by atoms with Gasteiger partial charge >= 0.3 is 0 Å². The fourth-order valence-electron chi connectivity index (χ4n) is 3.47. The minimum Gasteiger partial charge on any atom is -0.352 e. The average molecular weight is 381 g/mol. The highest BCUT2D eigenvalue weighted by Crippen LogP contribution is 2.41. The maximum absolute atomic E-state index is 13.4. The van der Waals surface area contributed by atoms with Crippen LogP contribution in [0.3, 0.4) is 0 Å². The lowest BCUT2D eigenvalue weighted by Gasteiger charge is -2.28. The highest BCUT2D eigenvalue weighted by molar-refractivity contribution is 7.93. The van der Waals surface area contributed by atoms with Crippen LogP contribution in [0.2, 0.25) is 0 Å². The van der Waals surface area contributed by atoms with Crippen molar-refractivity contribution in [3.8, 4) is 0 Å². The molecule has 0 heterocycles. The summed E-state index contributed by atoms with van der Waals surface area (Å²) in [5.74, 6) is -0.902. The average Bonchev–Trinajstić information content (AvgIpc) is 3.05. The van der Waals surface area contributed by atoms with Crippen LogP contribution in [-0.4, -0.2) is 37.6 Å². The van der Waals surface area contributed by atoms with Crippen molar-refractivity contribution in [2.75, 3.05) is 6.54 Å². The topological polar surface area (TPSA) is 92.3 Å². The van der Waals surface area contributed by atoms with Gasteiger partial charge in [0.1, 0.15) is 0 Å². The van der Waals surface area contributed by atoms with Gasteiger partial charge in [-0.2, -0.15) is 0 Å². The van der Waals surface area contributed by atoms with Crippen LogP contribution < -0.4 is 10.6 Å². The molecule has 0 unspecified atom stereocenters. The molecular formula is C19H28N2O4S. The summed E-state index contributed by atoms with van der Waals surface area (Å²) in [6.45, 7) is 6.99. The number of nitrogens with one attached hydrogen (secondary N) is 2. The first-order chi connectivity index (χ1) is 12.1.